The Morgan fingerprint density at radius 3 is 2.94 bits per heavy atom. The summed E-state index contributed by atoms with van der Waals surface area (Å²) in [6, 6.07) is 2.84. The van der Waals surface area contributed by atoms with Crippen molar-refractivity contribution in [1.29, 1.82) is 0 Å². The lowest BCUT2D eigenvalue weighted by atomic mass is 10.0. The molecule has 3 heterocycles. The average Bonchev–Trinajstić information content (AvgIpc) is 2.73. The molecule has 18 heavy (non-hydrogen) atoms. The lowest BCUT2D eigenvalue weighted by molar-refractivity contribution is -0.142. The highest BCUT2D eigenvalue weighted by molar-refractivity contribution is 7.10. The molecule has 1 fully saturated rings. The Morgan fingerprint density at radius 2 is 2.22 bits per heavy atom. The molecule has 0 unspecified atom stereocenters. The zero-order valence-electron chi connectivity index (χ0n) is 11.1. The van der Waals surface area contributed by atoms with Crippen molar-refractivity contribution in [2.24, 2.45) is 5.92 Å². The van der Waals surface area contributed by atoms with Gasteiger partial charge in [0.15, 0.2) is 0 Å². The first-order valence-corrected chi connectivity index (χ1v) is 7.61. The molecule has 0 spiro atoms. The molecule has 3 rings (SSSR count). The molecule has 0 saturated carbocycles. The molecular formula is C14H20N2OS. The number of likely N-dealkylation sites (tertiary alicyclic amines) is 1. The number of hydrogen-bond acceptors (Lipinski definition) is 3. The van der Waals surface area contributed by atoms with Gasteiger partial charge >= 0.3 is 0 Å². The maximum Gasteiger partial charge on any atom is 0.225 e. The number of carbonyl (C=O) groups excluding carboxylic acids is 1. The standard InChI is InChI=1S/C14H20N2OS/c1-10(2)14(17)16-8-12(9-16)15-5-3-13-11(7-15)4-6-18-13/h4,6,10,12H,3,5,7-9H2,1-2H3. The van der Waals surface area contributed by atoms with Crippen molar-refractivity contribution in [1.82, 2.24) is 9.80 Å². The van der Waals surface area contributed by atoms with E-state index in [1.807, 2.05) is 30.1 Å². The second-order valence-electron chi connectivity index (χ2n) is 5.64. The van der Waals surface area contributed by atoms with Crippen molar-refractivity contribution in [2.45, 2.75) is 32.9 Å². The summed E-state index contributed by atoms with van der Waals surface area (Å²) in [4.78, 5) is 17.9. The van der Waals surface area contributed by atoms with Crippen LogP contribution >= 0.6 is 11.3 Å². The fraction of sp³-hybridized carbons (Fsp3) is 0.643. The molecule has 1 amide bonds. The van der Waals surface area contributed by atoms with Gasteiger partial charge in [-0.3, -0.25) is 9.69 Å². The highest BCUT2D eigenvalue weighted by Crippen LogP contribution is 2.28. The van der Waals surface area contributed by atoms with E-state index in [9.17, 15) is 4.79 Å². The van der Waals surface area contributed by atoms with Crippen LogP contribution in [0.3, 0.4) is 0 Å². The number of rotatable bonds is 2. The number of carbonyl (C=O) groups is 1. The monoisotopic (exact) mass is 264 g/mol. The van der Waals surface area contributed by atoms with E-state index in [1.165, 1.54) is 12.0 Å². The van der Waals surface area contributed by atoms with E-state index in [0.717, 1.165) is 26.2 Å². The number of fused-ring (bicyclic) bond motifs is 1. The molecule has 0 N–H and O–H groups in total. The zero-order valence-corrected chi connectivity index (χ0v) is 11.9. The third-order valence-corrected chi connectivity index (χ3v) is 5.04. The van der Waals surface area contributed by atoms with Gasteiger partial charge in [0.1, 0.15) is 0 Å². The van der Waals surface area contributed by atoms with Crippen LogP contribution in [-0.2, 0) is 17.8 Å². The predicted molar refractivity (Wildman–Crippen MR) is 73.6 cm³/mol. The molecular weight excluding hydrogens is 244 g/mol. The van der Waals surface area contributed by atoms with Crippen LogP contribution in [0.4, 0.5) is 0 Å². The molecule has 2 aliphatic rings. The summed E-state index contributed by atoms with van der Waals surface area (Å²) in [6.45, 7) is 8.05. The summed E-state index contributed by atoms with van der Waals surface area (Å²) in [5, 5.41) is 2.20. The van der Waals surface area contributed by atoms with Crippen molar-refractivity contribution < 1.29 is 4.79 Å². The molecule has 0 radical (unpaired) electrons. The molecule has 0 atom stereocenters. The summed E-state index contributed by atoms with van der Waals surface area (Å²) in [7, 11) is 0. The Morgan fingerprint density at radius 1 is 1.44 bits per heavy atom. The molecule has 1 aromatic heterocycles. The Hall–Kier alpha value is -0.870. The fourth-order valence-electron chi connectivity index (χ4n) is 2.81. The van der Waals surface area contributed by atoms with E-state index in [4.69, 9.17) is 0 Å². The summed E-state index contributed by atoms with van der Waals surface area (Å²) < 4.78 is 0. The third-order valence-electron chi connectivity index (χ3n) is 4.02. The normalized spacial score (nSPS) is 20.9. The Kier molecular flexibility index (Phi) is 3.16. The van der Waals surface area contributed by atoms with Gasteiger partial charge in [0, 0.05) is 43.0 Å². The number of nitrogens with zero attached hydrogens (tertiary/aromatic N) is 2. The smallest absolute Gasteiger partial charge is 0.225 e. The van der Waals surface area contributed by atoms with Gasteiger partial charge in [0.05, 0.1) is 0 Å². The lowest BCUT2D eigenvalue weighted by Crippen LogP contribution is -2.62. The van der Waals surface area contributed by atoms with E-state index in [-0.39, 0.29) is 5.92 Å². The first-order chi connectivity index (χ1) is 8.65. The molecule has 2 aliphatic heterocycles. The summed E-state index contributed by atoms with van der Waals surface area (Å²) in [5.74, 6) is 0.440. The van der Waals surface area contributed by atoms with Gasteiger partial charge in [-0.25, -0.2) is 0 Å². The minimum Gasteiger partial charge on any atom is -0.339 e. The van der Waals surface area contributed by atoms with Crippen LogP contribution < -0.4 is 0 Å². The predicted octanol–water partition coefficient (Wildman–Crippen LogP) is 1.97. The second kappa shape index (κ2) is 4.67. The maximum atomic E-state index is 11.8. The fourth-order valence-corrected chi connectivity index (χ4v) is 3.70. The highest BCUT2D eigenvalue weighted by atomic mass is 32.1. The molecule has 0 aromatic carbocycles. The third kappa shape index (κ3) is 2.08. The van der Waals surface area contributed by atoms with Crippen LogP contribution in [0.2, 0.25) is 0 Å². The van der Waals surface area contributed by atoms with Crippen LogP contribution in [0, 0.1) is 5.92 Å². The second-order valence-corrected chi connectivity index (χ2v) is 6.64. The molecule has 4 heteroatoms. The SMILES string of the molecule is CC(C)C(=O)N1CC(N2CCc3sccc3C2)C1. The number of hydrogen-bond donors (Lipinski definition) is 0. The van der Waals surface area contributed by atoms with Crippen molar-refractivity contribution in [3.05, 3.63) is 21.9 Å². The van der Waals surface area contributed by atoms with Gasteiger partial charge in [-0.1, -0.05) is 13.8 Å². The molecule has 0 bridgehead atoms. The molecule has 1 saturated heterocycles. The lowest BCUT2D eigenvalue weighted by Gasteiger charge is -2.47. The van der Waals surface area contributed by atoms with Gasteiger partial charge < -0.3 is 4.90 Å². The first-order valence-electron chi connectivity index (χ1n) is 6.73. The minimum absolute atomic E-state index is 0.135. The highest BCUT2D eigenvalue weighted by Gasteiger charge is 2.36. The minimum atomic E-state index is 0.135. The number of thiophene rings is 1. The molecule has 1 aromatic rings. The Bertz CT molecular complexity index is 448. The summed E-state index contributed by atoms with van der Waals surface area (Å²) >= 11 is 1.88. The van der Waals surface area contributed by atoms with E-state index in [1.54, 1.807) is 4.88 Å². The van der Waals surface area contributed by atoms with Gasteiger partial charge in [-0.15, -0.1) is 11.3 Å². The van der Waals surface area contributed by atoms with Crippen molar-refractivity contribution in [3.8, 4) is 0 Å². The van der Waals surface area contributed by atoms with Crippen molar-refractivity contribution in [2.75, 3.05) is 19.6 Å². The Labute approximate surface area is 112 Å². The maximum absolute atomic E-state index is 11.8. The van der Waals surface area contributed by atoms with Crippen LogP contribution in [0.1, 0.15) is 24.3 Å². The van der Waals surface area contributed by atoms with Crippen LogP contribution in [0.25, 0.3) is 0 Å². The molecule has 3 nitrogen and oxygen atoms in total. The average molecular weight is 264 g/mol. The van der Waals surface area contributed by atoms with Gasteiger partial charge in [0.25, 0.3) is 0 Å². The zero-order chi connectivity index (χ0) is 12.7. The summed E-state index contributed by atoms with van der Waals surface area (Å²) in [5.41, 5.74) is 1.50. The van der Waals surface area contributed by atoms with E-state index < -0.39 is 0 Å². The topological polar surface area (TPSA) is 23.6 Å². The van der Waals surface area contributed by atoms with Gasteiger partial charge in [-0.2, -0.15) is 0 Å². The molecule has 0 aliphatic carbocycles. The first kappa shape index (κ1) is 12.2. The van der Waals surface area contributed by atoms with Crippen molar-refractivity contribution >= 4 is 17.2 Å². The van der Waals surface area contributed by atoms with E-state index in [0.29, 0.717) is 11.9 Å². The van der Waals surface area contributed by atoms with Gasteiger partial charge in [-0.05, 0) is 23.4 Å². The van der Waals surface area contributed by atoms with Crippen LogP contribution in [-0.4, -0.2) is 41.4 Å². The summed E-state index contributed by atoms with van der Waals surface area (Å²) in [6.07, 6.45) is 1.18. The van der Waals surface area contributed by atoms with E-state index in [2.05, 4.69) is 16.3 Å². The largest absolute Gasteiger partial charge is 0.339 e. The van der Waals surface area contributed by atoms with Gasteiger partial charge in [0.2, 0.25) is 5.91 Å². The van der Waals surface area contributed by atoms with Crippen LogP contribution in [0.15, 0.2) is 11.4 Å². The quantitative estimate of drug-likeness (QED) is 0.815. The van der Waals surface area contributed by atoms with E-state index >= 15 is 0 Å². The van der Waals surface area contributed by atoms with Crippen LogP contribution in [0.5, 0.6) is 0 Å². The van der Waals surface area contributed by atoms with Crippen molar-refractivity contribution in [3.63, 3.8) is 0 Å². The Balaban J connectivity index is 1.56. The molecule has 98 valence electrons. The number of amides is 1.